The SMILES string of the molecule is CS(=O)(=O)NCC(=O)N1Cc2[nH]cnc2C(CCc2ccccc2)C1.O=CO. The Hall–Kier alpha value is -2.72. The lowest BCUT2D eigenvalue weighted by Crippen LogP contribution is -2.43. The molecule has 2 aromatic rings. The van der Waals surface area contributed by atoms with E-state index in [9.17, 15) is 13.2 Å². The minimum absolute atomic E-state index is 0.136. The molecule has 152 valence electrons. The van der Waals surface area contributed by atoms with E-state index < -0.39 is 10.0 Å². The van der Waals surface area contributed by atoms with Crippen molar-refractivity contribution >= 4 is 22.4 Å². The van der Waals surface area contributed by atoms with E-state index in [0.29, 0.717) is 13.1 Å². The van der Waals surface area contributed by atoms with E-state index in [4.69, 9.17) is 9.90 Å². The molecule has 1 aromatic carbocycles. The Balaban J connectivity index is 0.000000878. The van der Waals surface area contributed by atoms with Crippen LogP contribution in [0.1, 0.15) is 29.3 Å². The van der Waals surface area contributed by atoms with Gasteiger partial charge in [0.1, 0.15) is 0 Å². The van der Waals surface area contributed by atoms with E-state index in [2.05, 4.69) is 26.8 Å². The highest BCUT2D eigenvalue weighted by Crippen LogP contribution is 2.29. The summed E-state index contributed by atoms with van der Waals surface area (Å²) in [5.41, 5.74) is 3.19. The molecule has 0 bridgehead atoms. The van der Waals surface area contributed by atoms with Gasteiger partial charge in [-0.25, -0.2) is 18.1 Å². The molecule has 1 atom stereocenters. The molecule has 0 spiro atoms. The van der Waals surface area contributed by atoms with E-state index in [1.807, 2.05) is 18.2 Å². The van der Waals surface area contributed by atoms with Crippen molar-refractivity contribution in [1.29, 1.82) is 0 Å². The van der Waals surface area contributed by atoms with Gasteiger partial charge in [-0.3, -0.25) is 9.59 Å². The number of carboxylic acid groups (broad SMARTS) is 1. The smallest absolute Gasteiger partial charge is 0.290 e. The number of rotatable bonds is 6. The fraction of sp³-hybridized carbons (Fsp3) is 0.389. The van der Waals surface area contributed by atoms with Gasteiger partial charge in [0.15, 0.2) is 0 Å². The van der Waals surface area contributed by atoms with Crippen LogP contribution in [0.2, 0.25) is 0 Å². The molecular formula is C18H24N4O5S. The summed E-state index contributed by atoms with van der Waals surface area (Å²) in [6, 6.07) is 10.2. The molecule has 2 heterocycles. The molecule has 0 aliphatic carbocycles. The Morgan fingerprint density at radius 2 is 2.07 bits per heavy atom. The number of aromatic nitrogens is 2. The third-order valence-electron chi connectivity index (χ3n) is 4.39. The topological polar surface area (TPSA) is 132 Å². The van der Waals surface area contributed by atoms with Crippen molar-refractivity contribution in [2.24, 2.45) is 0 Å². The number of sulfonamides is 1. The van der Waals surface area contributed by atoms with E-state index in [1.54, 1.807) is 11.2 Å². The first kappa shape index (κ1) is 21.6. The number of fused-ring (bicyclic) bond motifs is 1. The molecule has 3 rings (SSSR count). The number of carbonyl (C=O) groups is 2. The van der Waals surface area contributed by atoms with Gasteiger partial charge < -0.3 is 15.0 Å². The number of amides is 1. The summed E-state index contributed by atoms with van der Waals surface area (Å²) in [6.45, 7) is 0.518. The van der Waals surface area contributed by atoms with Crippen molar-refractivity contribution < 1.29 is 23.1 Å². The van der Waals surface area contributed by atoms with Crippen LogP contribution in [-0.4, -0.2) is 60.1 Å². The summed E-state index contributed by atoms with van der Waals surface area (Å²) in [5, 5.41) is 6.89. The van der Waals surface area contributed by atoms with Gasteiger partial charge in [-0.05, 0) is 18.4 Å². The number of nitrogens with zero attached hydrogens (tertiary/aromatic N) is 2. The number of hydrogen-bond donors (Lipinski definition) is 3. The fourth-order valence-electron chi connectivity index (χ4n) is 3.13. The highest BCUT2D eigenvalue weighted by molar-refractivity contribution is 7.88. The summed E-state index contributed by atoms with van der Waals surface area (Å²) >= 11 is 0. The Bertz CT molecular complexity index is 882. The van der Waals surface area contributed by atoms with Gasteiger partial charge in [-0.1, -0.05) is 30.3 Å². The molecule has 1 aliphatic heterocycles. The average Bonchev–Trinajstić information content (AvgIpc) is 3.14. The monoisotopic (exact) mass is 408 g/mol. The first-order chi connectivity index (χ1) is 13.3. The predicted molar refractivity (Wildman–Crippen MR) is 103 cm³/mol. The third-order valence-corrected chi connectivity index (χ3v) is 5.06. The summed E-state index contributed by atoms with van der Waals surface area (Å²) in [4.78, 5) is 29.9. The molecule has 10 heteroatoms. The third kappa shape index (κ3) is 6.46. The zero-order valence-corrected chi connectivity index (χ0v) is 16.4. The molecule has 0 saturated heterocycles. The Labute approximate surface area is 163 Å². The lowest BCUT2D eigenvalue weighted by molar-refractivity contribution is -0.131. The van der Waals surface area contributed by atoms with Crippen molar-refractivity contribution in [3.8, 4) is 0 Å². The van der Waals surface area contributed by atoms with Crippen LogP contribution in [0.25, 0.3) is 0 Å². The van der Waals surface area contributed by atoms with E-state index in [-0.39, 0.29) is 24.8 Å². The van der Waals surface area contributed by atoms with Gasteiger partial charge in [0.2, 0.25) is 15.9 Å². The van der Waals surface area contributed by atoms with Gasteiger partial charge >= 0.3 is 0 Å². The number of carbonyl (C=O) groups excluding carboxylic acids is 1. The van der Waals surface area contributed by atoms with Crippen LogP contribution in [0.4, 0.5) is 0 Å². The normalized spacial score (nSPS) is 15.9. The van der Waals surface area contributed by atoms with Crippen LogP contribution in [0.5, 0.6) is 0 Å². The molecule has 1 unspecified atom stereocenters. The second-order valence-corrected chi connectivity index (χ2v) is 8.29. The van der Waals surface area contributed by atoms with Gasteiger partial charge in [-0.15, -0.1) is 0 Å². The number of nitrogens with one attached hydrogen (secondary N) is 2. The van der Waals surface area contributed by atoms with E-state index in [0.717, 1.165) is 30.5 Å². The molecule has 9 nitrogen and oxygen atoms in total. The van der Waals surface area contributed by atoms with Gasteiger partial charge in [0, 0.05) is 12.5 Å². The second-order valence-electron chi connectivity index (χ2n) is 6.46. The highest BCUT2D eigenvalue weighted by Gasteiger charge is 2.30. The number of imidazole rings is 1. The molecule has 3 N–H and O–H groups in total. The van der Waals surface area contributed by atoms with Gasteiger partial charge in [0.05, 0.1) is 37.1 Å². The summed E-state index contributed by atoms with van der Waals surface area (Å²) in [6.07, 6.45) is 4.49. The molecular weight excluding hydrogens is 384 g/mol. The number of aromatic amines is 1. The maximum Gasteiger partial charge on any atom is 0.290 e. The largest absolute Gasteiger partial charge is 0.483 e. The molecule has 1 aromatic heterocycles. The van der Waals surface area contributed by atoms with Crippen LogP contribution < -0.4 is 4.72 Å². The lowest BCUT2D eigenvalue weighted by atomic mass is 9.92. The molecule has 0 radical (unpaired) electrons. The number of H-pyrrole nitrogens is 1. The Morgan fingerprint density at radius 3 is 2.71 bits per heavy atom. The molecule has 28 heavy (non-hydrogen) atoms. The standard InChI is InChI=1S/C17H22N4O3S.CH2O2/c1-25(23,24)20-9-16(22)21-10-14(17-15(11-21)18-12-19-17)8-7-13-5-3-2-4-6-13;2-1-3/h2-6,12,14,20H,7-11H2,1H3,(H,18,19);1H,(H,2,3). The molecule has 0 fully saturated rings. The second kappa shape index (κ2) is 10.00. The number of benzene rings is 1. The summed E-state index contributed by atoms with van der Waals surface area (Å²) < 4.78 is 24.7. The summed E-state index contributed by atoms with van der Waals surface area (Å²) in [7, 11) is -3.38. The van der Waals surface area contributed by atoms with E-state index in [1.165, 1.54) is 5.56 Å². The Kier molecular flexibility index (Phi) is 7.70. The predicted octanol–water partition coefficient (Wildman–Crippen LogP) is 0.718. The average molecular weight is 408 g/mol. The van der Waals surface area contributed by atoms with E-state index >= 15 is 0 Å². The maximum atomic E-state index is 12.4. The van der Waals surface area contributed by atoms with Gasteiger partial charge in [-0.2, -0.15) is 0 Å². The van der Waals surface area contributed by atoms with Crippen molar-refractivity contribution in [1.82, 2.24) is 19.6 Å². The maximum absolute atomic E-state index is 12.4. The molecule has 0 saturated carbocycles. The van der Waals surface area contributed by atoms with Crippen molar-refractivity contribution in [2.75, 3.05) is 19.3 Å². The zero-order valence-electron chi connectivity index (χ0n) is 15.5. The quantitative estimate of drug-likeness (QED) is 0.603. The first-order valence-corrected chi connectivity index (χ1v) is 10.6. The van der Waals surface area contributed by atoms with Crippen LogP contribution in [0.15, 0.2) is 36.7 Å². The Morgan fingerprint density at radius 1 is 1.39 bits per heavy atom. The van der Waals surface area contributed by atoms with Crippen molar-refractivity contribution in [2.45, 2.75) is 25.3 Å². The van der Waals surface area contributed by atoms with Crippen LogP contribution >= 0.6 is 0 Å². The van der Waals surface area contributed by atoms with Crippen LogP contribution in [-0.2, 0) is 32.6 Å². The lowest BCUT2D eigenvalue weighted by Gasteiger charge is -2.32. The minimum Gasteiger partial charge on any atom is -0.483 e. The number of aryl methyl sites for hydroxylation is 1. The van der Waals surface area contributed by atoms with Gasteiger partial charge in [0.25, 0.3) is 6.47 Å². The van der Waals surface area contributed by atoms with Crippen molar-refractivity contribution in [3.63, 3.8) is 0 Å². The number of hydrogen-bond acceptors (Lipinski definition) is 5. The van der Waals surface area contributed by atoms with Crippen LogP contribution in [0, 0.1) is 0 Å². The molecule has 1 amide bonds. The molecule has 1 aliphatic rings. The minimum atomic E-state index is -3.38. The van der Waals surface area contributed by atoms with Crippen LogP contribution in [0.3, 0.4) is 0 Å². The summed E-state index contributed by atoms with van der Waals surface area (Å²) in [5.74, 6) is -0.0900. The fourth-order valence-corrected chi connectivity index (χ4v) is 3.51. The highest BCUT2D eigenvalue weighted by atomic mass is 32.2. The first-order valence-electron chi connectivity index (χ1n) is 8.70. The van der Waals surface area contributed by atoms with Crippen molar-refractivity contribution in [3.05, 3.63) is 53.6 Å². The zero-order chi connectivity index (χ0) is 20.6.